The van der Waals surface area contributed by atoms with Crippen LogP contribution in [0.15, 0.2) is 29.1 Å². The van der Waals surface area contributed by atoms with E-state index in [-0.39, 0.29) is 11.5 Å². The Hall–Kier alpha value is -2.71. The number of hydrogen-bond donors (Lipinski definition) is 1. The van der Waals surface area contributed by atoms with E-state index in [0.717, 1.165) is 60.6 Å². The van der Waals surface area contributed by atoms with Crippen LogP contribution in [0.4, 0.5) is 5.69 Å². The molecule has 0 saturated carbocycles. The number of hydrogen-bond acceptors (Lipinski definition) is 7. The smallest absolute Gasteiger partial charge is 0.337 e. The second kappa shape index (κ2) is 8.09. The molecule has 1 aliphatic carbocycles. The number of carbonyl (C=O) groups excluding carboxylic acids is 1. The van der Waals surface area contributed by atoms with Gasteiger partial charge < -0.3 is 14.6 Å². The molecule has 0 radical (unpaired) electrons. The summed E-state index contributed by atoms with van der Waals surface area (Å²) in [4.78, 5) is 39.1. The Morgan fingerprint density at radius 2 is 2.06 bits per heavy atom. The lowest BCUT2D eigenvalue weighted by Crippen LogP contribution is -2.51. The Balaban J connectivity index is 1.28. The molecular formula is C23H26N4O3S. The number of ether oxygens (including phenoxy) is 1. The van der Waals surface area contributed by atoms with Gasteiger partial charge in [-0.1, -0.05) is 0 Å². The average Bonchev–Trinajstić information content (AvgIpc) is 3.35. The molecule has 1 aliphatic heterocycles. The summed E-state index contributed by atoms with van der Waals surface area (Å²) in [5.41, 5.74) is 2.89. The van der Waals surface area contributed by atoms with Gasteiger partial charge in [-0.15, -0.1) is 11.3 Å². The van der Waals surface area contributed by atoms with E-state index in [4.69, 9.17) is 9.72 Å². The van der Waals surface area contributed by atoms with Crippen molar-refractivity contribution < 1.29 is 9.53 Å². The first kappa shape index (κ1) is 20.2. The quantitative estimate of drug-likeness (QED) is 0.631. The summed E-state index contributed by atoms with van der Waals surface area (Å²) < 4.78 is 4.77. The number of aromatic nitrogens is 2. The van der Waals surface area contributed by atoms with Gasteiger partial charge in [-0.2, -0.15) is 0 Å². The molecule has 2 aliphatic rings. The number of methoxy groups -OCH3 is 1. The third-order valence-electron chi connectivity index (χ3n) is 6.40. The van der Waals surface area contributed by atoms with Crippen LogP contribution >= 0.6 is 11.3 Å². The number of fused-ring (bicyclic) bond motifs is 3. The first-order chi connectivity index (χ1) is 15.0. The molecule has 7 nitrogen and oxygen atoms in total. The molecule has 1 N–H and O–H groups in total. The van der Waals surface area contributed by atoms with E-state index in [1.807, 2.05) is 12.1 Å². The molecule has 3 aromatic rings. The summed E-state index contributed by atoms with van der Waals surface area (Å²) in [6.45, 7) is 5.47. The molecule has 1 saturated heterocycles. The van der Waals surface area contributed by atoms with Crippen molar-refractivity contribution in [2.45, 2.75) is 38.8 Å². The third kappa shape index (κ3) is 3.74. The van der Waals surface area contributed by atoms with Gasteiger partial charge in [-0.05, 0) is 56.0 Å². The van der Waals surface area contributed by atoms with Crippen LogP contribution in [0.5, 0.6) is 0 Å². The fraction of sp³-hybridized carbons (Fsp3) is 0.435. The molecule has 3 heterocycles. The number of aromatic amines is 1. The second-order valence-corrected chi connectivity index (χ2v) is 9.44. The predicted molar refractivity (Wildman–Crippen MR) is 122 cm³/mol. The maximum absolute atomic E-state index is 12.7. The minimum atomic E-state index is -0.320. The third-order valence-corrected chi connectivity index (χ3v) is 7.58. The molecule has 0 bridgehead atoms. The standard InChI is InChI=1S/C23H26N4O3S/c1-14-12-27(16-8-6-15(7-9-16)23(29)30-2)11-10-26(14)13-19-24-21(28)20-17-4-3-5-18(17)31-22(20)25-19/h6-9,14H,3-5,10-13H2,1-2H3,(H,24,25,28). The van der Waals surface area contributed by atoms with Crippen LogP contribution in [0.3, 0.4) is 0 Å². The number of rotatable bonds is 4. The molecule has 0 amide bonds. The van der Waals surface area contributed by atoms with Crippen LogP contribution in [-0.2, 0) is 24.1 Å². The highest BCUT2D eigenvalue weighted by Gasteiger charge is 2.26. The average molecular weight is 439 g/mol. The number of carbonyl (C=O) groups is 1. The lowest BCUT2D eigenvalue weighted by Gasteiger charge is -2.40. The van der Waals surface area contributed by atoms with Crippen LogP contribution in [0, 0.1) is 0 Å². The highest BCUT2D eigenvalue weighted by molar-refractivity contribution is 7.18. The summed E-state index contributed by atoms with van der Waals surface area (Å²) in [5.74, 6) is 0.430. The molecular weight excluding hydrogens is 412 g/mol. The number of H-pyrrole nitrogens is 1. The topological polar surface area (TPSA) is 78.5 Å². The van der Waals surface area contributed by atoms with Crippen molar-refractivity contribution >= 4 is 33.2 Å². The maximum Gasteiger partial charge on any atom is 0.337 e. The molecule has 5 rings (SSSR count). The molecule has 1 unspecified atom stereocenters. The summed E-state index contributed by atoms with van der Waals surface area (Å²) in [7, 11) is 1.39. The van der Waals surface area contributed by atoms with Crippen molar-refractivity contribution in [1.29, 1.82) is 0 Å². The second-order valence-electron chi connectivity index (χ2n) is 8.35. The van der Waals surface area contributed by atoms with Gasteiger partial charge in [0.2, 0.25) is 0 Å². The number of nitrogens with zero attached hydrogens (tertiary/aromatic N) is 3. The number of aryl methyl sites for hydroxylation is 2. The zero-order valence-corrected chi connectivity index (χ0v) is 18.6. The summed E-state index contributed by atoms with van der Waals surface area (Å²) in [5, 5.41) is 0.814. The molecule has 162 valence electrons. The first-order valence-electron chi connectivity index (χ1n) is 10.7. The van der Waals surface area contributed by atoms with Gasteiger partial charge in [-0.25, -0.2) is 9.78 Å². The van der Waals surface area contributed by atoms with Crippen LogP contribution in [0.2, 0.25) is 0 Å². The predicted octanol–water partition coefficient (Wildman–Crippen LogP) is 2.97. The van der Waals surface area contributed by atoms with E-state index >= 15 is 0 Å². The van der Waals surface area contributed by atoms with Gasteiger partial charge in [-0.3, -0.25) is 9.69 Å². The number of esters is 1. The van der Waals surface area contributed by atoms with E-state index in [1.165, 1.54) is 17.6 Å². The van der Waals surface area contributed by atoms with Crippen LogP contribution in [0.25, 0.3) is 10.2 Å². The van der Waals surface area contributed by atoms with E-state index in [1.54, 1.807) is 23.5 Å². The molecule has 0 spiro atoms. The number of thiophene rings is 1. The Labute approximate surface area is 184 Å². The van der Waals surface area contributed by atoms with Gasteiger partial charge in [0.15, 0.2) is 0 Å². The number of nitrogens with one attached hydrogen (secondary N) is 1. The van der Waals surface area contributed by atoms with Crippen molar-refractivity contribution in [3.05, 3.63) is 56.4 Å². The fourth-order valence-electron chi connectivity index (χ4n) is 4.70. The first-order valence-corrected chi connectivity index (χ1v) is 11.6. The van der Waals surface area contributed by atoms with Crippen molar-refractivity contribution in [3.63, 3.8) is 0 Å². The zero-order chi connectivity index (χ0) is 21.5. The van der Waals surface area contributed by atoms with E-state index in [0.29, 0.717) is 18.2 Å². The van der Waals surface area contributed by atoms with Crippen LogP contribution in [-0.4, -0.2) is 53.6 Å². The minimum absolute atomic E-state index is 0.0105. The molecule has 1 fully saturated rings. The highest BCUT2D eigenvalue weighted by atomic mass is 32.1. The summed E-state index contributed by atoms with van der Waals surface area (Å²) in [6, 6.07) is 7.86. The van der Waals surface area contributed by atoms with Crippen molar-refractivity contribution in [3.8, 4) is 0 Å². The molecule has 2 aromatic heterocycles. The Bertz CT molecular complexity index is 1180. The van der Waals surface area contributed by atoms with E-state index in [2.05, 4.69) is 21.7 Å². The maximum atomic E-state index is 12.7. The van der Waals surface area contributed by atoms with Gasteiger partial charge in [0.1, 0.15) is 10.7 Å². The lowest BCUT2D eigenvalue weighted by molar-refractivity contribution is 0.0600. The summed E-state index contributed by atoms with van der Waals surface area (Å²) in [6.07, 6.45) is 3.22. The van der Waals surface area contributed by atoms with Crippen LogP contribution in [0.1, 0.15) is 40.0 Å². The molecule has 1 aromatic carbocycles. The number of anilines is 1. The Morgan fingerprint density at radius 1 is 1.26 bits per heavy atom. The highest BCUT2D eigenvalue weighted by Crippen LogP contribution is 2.34. The SMILES string of the molecule is COC(=O)c1ccc(N2CCN(Cc3nc4sc5c(c4c(=O)[nH]3)CCC5)C(C)C2)cc1. The zero-order valence-electron chi connectivity index (χ0n) is 17.8. The summed E-state index contributed by atoms with van der Waals surface area (Å²) >= 11 is 1.69. The van der Waals surface area contributed by atoms with Gasteiger partial charge in [0.25, 0.3) is 5.56 Å². The Kier molecular flexibility index (Phi) is 5.27. The monoisotopic (exact) mass is 438 g/mol. The lowest BCUT2D eigenvalue weighted by atomic mass is 10.1. The van der Waals surface area contributed by atoms with Gasteiger partial charge >= 0.3 is 5.97 Å². The van der Waals surface area contributed by atoms with Crippen LogP contribution < -0.4 is 10.5 Å². The van der Waals surface area contributed by atoms with Crippen molar-refractivity contribution in [2.24, 2.45) is 0 Å². The van der Waals surface area contributed by atoms with Crippen molar-refractivity contribution in [2.75, 3.05) is 31.6 Å². The van der Waals surface area contributed by atoms with E-state index in [9.17, 15) is 9.59 Å². The molecule has 8 heteroatoms. The number of piperazine rings is 1. The largest absolute Gasteiger partial charge is 0.465 e. The number of benzene rings is 1. The van der Waals surface area contributed by atoms with Crippen molar-refractivity contribution in [1.82, 2.24) is 14.9 Å². The fourth-order valence-corrected chi connectivity index (χ4v) is 5.99. The molecule has 31 heavy (non-hydrogen) atoms. The van der Waals surface area contributed by atoms with E-state index < -0.39 is 0 Å². The normalized spacial score (nSPS) is 19.0. The Morgan fingerprint density at radius 3 is 2.81 bits per heavy atom. The molecule has 1 atom stereocenters. The van der Waals surface area contributed by atoms with Gasteiger partial charge in [0.05, 0.1) is 24.6 Å². The van der Waals surface area contributed by atoms with Gasteiger partial charge in [0, 0.05) is 36.2 Å². The minimum Gasteiger partial charge on any atom is -0.465 e.